The summed E-state index contributed by atoms with van der Waals surface area (Å²) in [7, 11) is -0.311. The molecule has 11 heteroatoms. The third kappa shape index (κ3) is 18.3. The Morgan fingerprint density at radius 3 is 1.58 bits per heavy atom. The first-order valence-corrected chi connectivity index (χ1v) is 19.1. The molecule has 6 atom stereocenters. The summed E-state index contributed by atoms with van der Waals surface area (Å²) in [6.45, 7) is 12.4. The van der Waals surface area contributed by atoms with Crippen molar-refractivity contribution in [2.75, 3.05) is 19.8 Å². The van der Waals surface area contributed by atoms with Crippen LogP contribution in [0.3, 0.4) is 0 Å². The van der Waals surface area contributed by atoms with Gasteiger partial charge in [0.2, 0.25) is 0 Å². The molecule has 1 fully saturated rings. The number of esters is 1. The van der Waals surface area contributed by atoms with Crippen LogP contribution in [-0.4, -0.2) is 56.3 Å². The fourth-order valence-corrected chi connectivity index (χ4v) is 5.76. The molecule has 1 saturated heterocycles. The summed E-state index contributed by atoms with van der Waals surface area (Å²) in [6, 6.07) is 40.3. The molecule has 1 aliphatic heterocycles. The van der Waals surface area contributed by atoms with Gasteiger partial charge in [0.25, 0.3) is 0 Å². The Morgan fingerprint density at radius 1 is 0.673 bits per heavy atom. The van der Waals surface area contributed by atoms with E-state index >= 15 is 0 Å². The molecule has 0 spiro atoms. The van der Waals surface area contributed by atoms with Gasteiger partial charge < -0.3 is 46.6 Å². The van der Waals surface area contributed by atoms with Gasteiger partial charge in [0.1, 0.15) is 24.4 Å². The summed E-state index contributed by atoms with van der Waals surface area (Å²) in [6.07, 6.45) is -1.46. The van der Waals surface area contributed by atoms with Crippen molar-refractivity contribution in [1.29, 1.82) is 5.26 Å². The normalized spacial score (nSPS) is 18.8. The smallest absolute Gasteiger partial charge is 0.453 e. The van der Waals surface area contributed by atoms with Crippen LogP contribution in [-0.2, 0) is 69.0 Å². The summed E-state index contributed by atoms with van der Waals surface area (Å²) in [4.78, 5) is 13.6. The second-order valence-corrected chi connectivity index (χ2v) is 12.9. The quantitative estimate of drug-likeness (QED) is 0.0320. The minimum atomic E-state index is -0.888. The number of carbonyl (C=O) groups is 1. The number of nitrogens with zero attached hydrogens (tertiary/aromatic N) is 1. The molecule has 1 aliphatic rings. The van der Waals surface area contributed by atoms with Crippen LogP contribution in [0.25, 0.3) is 0 Å². The summed E-state index contributed by atoms with van der Waals surface area (Å²) < 4.78 is 43.7. The SMILES string of the molecule is N#CCCOPOC[C@@H]1O[C@H](COCc2ccccc2)[C@@H](OCc2ccccc2)[C@H](OC(=O)c2ccccc2)[C@H]1OCc1ccccc1.[CH2-]CC.[CH2-]CC.[Ni+2]. The molecular weight excluding hydrogens is 760 g/mol. The van der Waals surface area contributed by atoms with Crippen molar-refractivity contribution < 1.29 is 54.0 Å². The standard InChI is InChI=1S/C38H40NO8P.2C3H7.Ni/c39-22-13-23-44-48-45-28-34-36(43-26-31-18-9-3-10-19-31)37(47-38(40)32-20-11-4-12-21-32)35(42-25-30-16-7-2-8-17-30)33(46-34)27-41-24-29-14-5-1-6-15-29;2*1-3-2;/h1-12,14-21,33-37,48H,13,23-28H2;2*1,3H2,2H3;/q;2*-1;+2/t33-,34+,35-,36+,37+;;;/m1.../s1. The van der Waals surface area contributed by atoms with Crippen LogP contribution >= 0.6 is 9.03 Å². The van der Waals surface area contributed by atoms with Crippen molar-refractivity contribution in [2.24, 2.45) is 0 Å². The van der Waals surface area contributed by atoms with Gasteiger partial charge in [0.05, 0.1) is 57.7 Å². The average Bonchev–Trinajstić information content (AvgIpc) is 3.20. The molecule has 0 amide bonds. The second-order valence-electron chi connectivity index (χ2n) is 12.1. The van der Waals surface area contributed by atoms with E-state index in [-0.39, 0.29) is 65.0 Å². The van der Waals surface area contributed by atoms with Gasteiger partial charge >= 0.3 is 22.5 Å². The molecule has 4 aromatic carbocycles. The Balaban J connectivity index is 0.00000140. The molecule has 0 bridgehead atoms. The maximum absolute atomic E-state index is 13.6. The minimum Gasteiger partial charge on any atom is -0.453 e. The second kappa shape index (κ2) is 29.8. The van der Waals surface area contributed by atoms with Gasteiger partial charge in [-0.05, 0) is 28.8 Å². The monoisotopic (exact) mass is 813 g/mol. The molecule has 0 aromatic heterocycles. The van der Waals surface area contributed by atoms with Crippen molar-refractivity contribution in [1.82, 2.24) is 0 Å². The van der Waals surface area contributed by atoms with Gasteiger partial charge in [0, 0.05) is 0 Å². The largest absolute Gasteiger partial charge is 2.00 e. The molecule has 4 aromatic rings. The Morgan fingerprint density at radius 2 is 1.11 bits per heavy atom. The first-order valence-electron chi connectivity index (χ1n) is 18.3. The molecular formula is C44H54NNiO8P. The third-order valence-corrected chi connectivity index (χ3v) is 8.23. The fourth-order valence-electron chi connectivity index (χ4n) is 5.26. The molecule has 0 radical (unpaired) electrons. The Hall–Kier alpha value is -3.48. The number of ether oxygens (including phenoxy) is 5. The molecule has 55 heavy (non-hydrogen) atoms. The number of hydrogen-bond acceptors (Lipinski definition) is 9. The topological polar surface area (TPSA) is 105 Å². The maximum Gasteiger partial charge on any atom is 2.00 e. The van der Waals surface area contributed by atoms with Crippen molar-refractivity contribution in [3.05, 3.63) is 157 Å². The first kappa shape index (κ1) is 47.7. The van der Waals surface area contributed by atoms with Gasteiger partial charge in [-0.2, -0.15) is 18.1 Å². The zero-order chi connectivity index (χ0) is 38.6. The Kier molecular flexibility index (Phi) is 25.8. The van der Waals surface area contributed by atoms with Crippen molar-refractivity contribution in [3.63, 3.8) is 0 Å². The number of rotatable bonds is 18. The number of nitriles is 1. The van der Waals surface area contributed by atoms with Crippen LogP contribution < -0.4 is 0 Å². The van der Waals surface area contributed by atoms with Crippen molar-refractivity contribution >= 4 is 15.0 Å². The molecule has 1 unspecified atom stereocenters. The average molecular weight is 815 g/mol. The van der Waals surface area contributed by atoms with Gasteiger partial charge in [-0.15, -0.1) is 0 Å². The summed E-state index contributed by atoms with van der Waals surface area (Å²) in [5, 5.41) is 8.84. The van der Waals surface area contributed by atoms with Crippen LogP contribution in [0, 0.1) is 25.2 Å². The van der Waals surface area contributed by atoms with Gasteiger partial charge in [0.15, 0.2) is 15.1 Å². The van der Waals surface area contributed by atoms with E-state index in [1.165, 1.54) is 0 Å². The van der Waals surface area contributed by atoms with Gasteiger partial charge in [-0.1, -0.05) is 123 Å². The van der Waals surface area contributed by atoms with Crippen molar-refractivity contribution in [3.8, 4) is 6.07 Å². The zero-order valence-electron chi connectivity index (χ0n) is 31.7. The van der Waals surface area contributed by atoms with Crippen LogP contribution in [0.5, 0.6) is 0 Å². The van der Waals surface area contributed by atoms with Crippen LogP contribution in [0.2, 0.25) is 0 Å². The number of carbonyl (C=O) groups excluding carboxylic acids is 1. The molecule has 5 rings (SSSR count). The zero-order valence-corrected chi connectivity index (χ0v) is 33.7. The van der Waals surface area contributed by atoms with Gasteiger partial charge in [-0.3, -0.25) is 0 Å². The fraction of sp³-hybridized carbons (Fsp3) is 0.364. The third-order valence-electron chi connectivity index (χ3n) is 7.63. The molecule has 9 nitrogen and oxygen atoms in total. The van der Waals surface area contributed by atoms with Crippen LogP contribution in [0.15, 0.2) is 121 Å². The molecule has 0 aliphatic carbocycles. The van der Waals surface area contributed by atoms with E-state index in [1.807, 2.05) is 111 Å². The van der Waals surface area contributed by atoms with E-state index in [0.717, 1.165) is 29.5 Å². The predicted molar refractivity (Wildman–Crippen MR) is 212 cm³/mol. The maximum atomic E-state index is 13.6. The predicted octanol–water partition coefficient (Wildman–Crippen LogP) is 9.28. The van der Waals surface area contributed by atoms with E-state index in [0.29, 0.717) is 12.2 Å². The van der Waals surface area contributed by atoms with E-state index in [1.54, 1.807) is 24.3 Å². The molecule has 298 valence electrons. The van der Waals surface area contributed by atoms with E-state index in [9.17, 15) is 4.79 Å². The molecule has 1 heterocycles. The number of benzene rings is 4. The Labute approximate surface area is 339 Å². The van der Waals surface area contributed by atoms with E-state index in [2.05, 4.69) is 19.9 Å². The molecule has 0 N–H and O–H groups in total. The summed E-state index contributed by atoms with van der Waals surface area (Å²) in [5.74, 6) is -0.505. The number of hydrogen-bond donors (Lipinski definition) is 0. The molecule has 0 saturated carbocycles. The Bertz CT molecular complexity index is 1560. The van der Waals surface area contributed by atoms with Crippen molar-refractivity contribution in [2.45, 2.75) is 83.5 Å². The summed E-state index contributed by atoms with van der Waals surface area (Å²) >= 11 is 0. The summed E-state index contributed by atoms with van der Waals surface area (Å²) in [5.41, 5.74) is 3.33. The minimum absolute atomic E-state index is 0. The van der Waals surface area contributed by atoms with E-state index in [4.69, 9.17) is 38.0 Å². The van der Waals surface area contributed by atoms with Gasteiger partial charge in [-0.25, -0.2) is 4.79 Å². The van der Waals surface area contributed by atoms with Crippen LogP contribution in [0.4, 0.5) is 0 Å². The van der Waals surface area contributed by atoms with Crippen LogP contribution in [0.1, 0.15) is 60.2 Å². The van der Waals surface area contributed by atoms with E-state index < -0.39 is 36.5 Å². The first-order chi connectivity index (χ1) is 26.5.